The molecular formula is C17H22N4S. The molecule has 0 atom stereocenters. The van der Waals surface area contributed by atoms with E-state index in [1.807, 2.05) is 18.8 Å². The fourth-order valence-corrected chi connectivity index (χ4v) is 3.71. The van der Waals surface area contributed by atoms with E-state index < -0.39 is 0 Å². The van der Waals surface area contributed by atoms with Gasteiger partial charge in [0.1, 0.15) is 0 Å². The number of rotatable bonds is 3. The van der Waals surface area contributed by atoms with Crippen molar-refractivity contribution in [3.05, 3.63) is 36.4 Å². The van der Waals surface area contributed by atoms with E-state index in [0.717, 1.165) is 0 Å². The van der Waals surface area contributed by atoms with Crippen LogP contribution in [0.1, 0.15) is 0 Å². The molecule has 2 aromatic carbocycles. The summed E-state index contributed by atoms with van der Waals surface area (Å²) in [4.78, 5) is 6.81. The van der Waals surface area contributed by atoms with Crippen LogP contribution in [-0.4, -0.2) is 35.2 Å². The van der Waals surface area contributed by atoms with Crippen LogP contribution < -0.4 is 20.2 Å². The molecule has 0 spiro atoms. The van der Waals surface area contributed by atoms with E-state index in [0.29, 0.717) is 0 Å². The van der Waals surface area contributed by atoms with Crippen molar-refractivity contribution >= 4 is 34.5 Å². The fourth-order valence-electron chi connectivity index (χ4n) is 2.58. The van der Waals surface area contributed by atoms with Gasteiger partial charge in [0.25, 0.3) is 0 Å². The average molecular weight is 314 g/mol. The largest absolute Gasteiger partial charge is 0.378 e. The molecule has 0 unspecified atom stereocenters. The van der Waals surface area contributed by atoms with Crippen molar-refractivity contribution < 1.29 is 0 Å². The highest BCUT2D eigenvalue weighted by molar-refractivity contribution is 7.99. The minimum absolute atomic E-state index is 1.20. The van der Waals surface area contributed by atoms with Crippen molar-refractivity contribution in [3.8, 4) is 0 Å². The molecule has 1 heterocycles. The lowest BCUT2D eigenvalue weighted by molar-refractivity contribution is 0.811. The molecule has 2 aromatic rings. The van der Waals surface area contributed by atoms with E-state index in [2.05, 4.69) is 84.8 Å². The van der Waals surface area contributed by atoms with Gasteiger partial charge in [-0.05, 0) is 36.4 Å². The van der Waals surface area contributed by atoms with E-state index >= 15 is 0 Å². The predicted octanol–water partition coefficient (Wildman–Crippen LogP) is 3.56. The molecule has 4 nitrogen and oxygen atoms in total. The fraction of sp³-hybridized carbons (Fsp3) is 0.294. The Morgan fingerprint density at radius 2 is 1.27 bits per heavy atom. The lowest BCUT2D eigenvalue weighted by Gasteiger charge is -2.33. The van der Waals surface area contributed by atoms with Crippen LogP contribution in [0.2, 0.25) is 0 Å². The van der Waals surface area contributed by atoms with Gasteiger partial charge < -0.3 is 9.80 Å². The van der Waals surface area contributed by atoms with Gasteiger partial charge in [-0.1, -0.05) is 11.8 Å². The minimum Gasteiger partial charge on any atom is -0.378 e. The molecule has 0 amide bonds. The Balaban J connectivity index is 2.09. The third-order valence-corrected chi connectivity index (χ3v) is 4.94. The average Bonchev–Trinajstić information content (AvgIpc) is 2.51. The first-order valence-corrected chi connectivity index (χ1v) is 8.11. The monoisotopic (exact) mass is 314 g/mol. The molecule has 0 saturated heterocycles. The lowest BCUT2D eigenvalue weighted by Crippen LogP contribution is -2.32. The van der Waals surface area contributed by atoms with Crippen LogP contribution in [-0.2, 0) is 0 Å². The van der Waals surface area contributed by atoms with Crippen molar-refractivity contribution in [1.29, 1.82) is 0 Å². The minimum atomic E-state index is 1.20. The van der Waals surface area contributed by atoms with Crippen LogP contribution in [0.25, 0.3) is 0 Å². The Morgan fingerprint density at radius 3 is 1.64 bits per heavy atom. The summed E-state index contributed by atoms with van der Waals surface area (Å²) in [5.74, 6) is 0. The summed E-state index contributed by atoms with van der Waals surface area (Å²) in [6.07, 6.45) is 0. The molecule has 1 aliphatic heterocycles. The second-order valence-corrected chi connectivity index (χ2v) is 6.84. The zero-order chi connectivity index (χ0) is 15.9. The van der Waals surface area contributed by atoms with Gasteiger partial charge in [0, 0.05) is 56.4 Å². The molecule has 0 aliphatic carbocycles. The van der Waals surface area contributed by atoms with E-state index in [1.54, 1.807) is 0 Å². The summed E-state index contributed by atoms with van der Waals surface area (Å²) >= 11 is 1.83. The van der Waals surface area contributed by atoms with E-state index in [-0.39, 0.29) is 0 Å². The summed E-state index contributed by atoms with van der Waals surface area (Å²) < 4.78 is 0. The summed E-state index contributed by atoms with van der Waals surface area (Å²) in [5.41, 5.74) is 8.14. The number of nitrogens with zero attached hydrogens (tertiary/aromatic N) is 3. The molecular weight excluding hydrogens is 292 g/mol. The molecule has 0 saturated carbocycles. The maximum absolute atomic E-state index is 3.31. The van der Waals surface area contributed by atoms with Crippen molar-refractivity contribution in [2.24, 2.45) is 0 Å². The first-order valence-electron chi connectivity index (χ1n) is 7.29. The van der Waals surface area contributed by atoms with Crippen LogP contribution >= 0.6 is 11.8 Å². The lowest BCUT2D eigenvalue weighted by atomic mass is 10.2. The molecule has 1 N–H and O–H groups in total. The van der Waals surface area contributed by atoms with Gasteiger partial charge in [0.15, 0.2) is 0 Å². The highest BCUT2D eigenvalue weighted by Gasteiger charge is 2.23. The summed E-state index contributed by atoms with van der Waals surface area (Å²) in [6, 6.07) is 13.2. The van der Waals surface area contributed by atoms with Crippen molar-refractivity contribution in [1.82, 2.24) is 5.43 Å². The normalized spacial score (nSPS) is 12.7. The Bertz CT molecular complexity index is 640. The number of anilines is 4. The van der Waals surface area contributed by atoms with E-state index in [4.69, 9.17) is 0 Å². The molecule has 0 bridgehead atoms. The van der Waals surface area contributed by atoms with E-state index in [9.17, 15) is 0 Å². The SMILES string of the molecule is CNN1c2ccc(N(C)C)cc2Sc2cc(N(C)C)ccc21. The molecule has 116 valence electrons. The smallest absolute Gasteiger partial charge is 0.0719 e. The van der Waals surface area contributed by atoms with Gasteiger partial charge in [-0.2, -0.15) is 0 Å². The summed E-state index contributed by atoms with van der Waals surface area (Å²) in [5, 5.41) is 2.15. The first-order chi connectivity index (χ1) is 10.5. The summed E-state index contributed by atoms with van der Waals surface area (Å²) in [6.45, 7) is 0. The molecule has 0 radical (unpaired) electrons. The highest BCUT2D eigenvalue weighted by atomic mass is 32.2. The number of hydrogen-bond acceptors (Lipinski definition) is 5. The van der Waals surface area contributed by atoms with Gasteiger partial charge in [-0.25, -0.2) is 5.43 Å². The maximum atomic E-state index is 3.31. The van der Waals surface area contributed by atoms with Crippen LogP contribution in [0.15, 0.2) is 46.2 Å². The van der Waals surface area contributed by atoms with Gasteiger partial charge >= 0.3 is 0 Å². The standard InChI is InChI=1S/C17H22N4S/c1-18-21-14-8-6-12(19(2)3)10-16(14)22-17-11-13(20(4)5)7-9-15(17)21/h6-11,18H,1-5H3. The first kappa shape index (κ1) is 15.1. The second-order valence-electron chi connectivity index (χ2n) is 5.75. The number of fused-ring (bicyclic) bond motifs is 2. The molecule has 0 aromatic heterocycles. The zero-order valence-electron chi connectivity index (χ0n) is 13.7. The number of hydrazine groups is 1. The van der Waals surface area contributed by atoms with Gasteiger partial charge in [-0.15, -0.1) is 0 Å². The van der Waals surface area contributed by atoms with Gasteiger partial charge in [0.05, 0.1) is 11.4 Å². The van der Waals surface area contributed by atoms with Gasteiger partial charge in [-0.3, -0.25) is 5.01 Å². The third-order valence-electron chi connectivity index (χ3n) is 3.84. The van der Waals surface area contributed by atoms with Crippen LogP contribution in [0.4, 0.5) is 22.7 Å². The van der Waals surface area contributed by atoms with Crippen LogP contribution in [0.3, 0.4) is 0 Å². The van der Waals surface area contributed by atoms with Crippen LogP contribution in [0, 0.1) is 0 Å². The van der Waals surface area contributed by atoms with E-state index in [1.165, 1.54) is 32.5 Å². The van der Waals surface area contributed by atoms with Gasteiger partial charge in [0.2, 0.25) is 0 Å². The molecule has 0 fully saturated rings. The highest BCUT2D eigenvalue weighted by Crippen LogP contribution is 2.49. The van der Waals surface area contributed by atoms with Crippen molar-refractivity contribution in [2.75, 3.05) is 50.0 Å². The van der Waals surface area contributed by atoms with Crippen molar-refractivity contribution in [2.45, 2.75) is 9.79 Å². The Hall–Kier alpha value is -1.85. The Kier molecular flexibility index (Phi) is 3.93. The quantitative estimate of drug-likeness (QED) is 0.932. The van der Waals surface area contributed by atoms with Crippen LogP contribution in [0.5, 0.6) is 0 Å². The molecule has 1 aliphatic rings. The number of hydrogen-bond donors (Lipinski definition) is 1. The topological polar surface area (TPSA) is 21.8 Å². The summed E-state index contributed by atoms with van der Waals surface area (Å²) in [7, 11) is 10.3. The molecule has 22 heavy (non-hydrogen) atoms. The number of benzene rings is 2. The zero-order valence-corrected chi connectivity index (χ0v) is 14.5. The second kappa shape index (κ2) is 5.74. The Morgan fingerprint density at radius 1 is 0.818 bits per heavy atom. The Labute approximate surface area is 136 Å². The predicted molar refractivity (Wildman–Crippen MR) is 96.9 cm³/mol. The molecule has 3 rings (SSSR count). The number of nitrogens with one attached hydrogen (secondary N) is 1. The third kappa shape index (κ3) is 2.51. The maximum Gasteiger partial charge on any atom is 0.0719 e. The molecule has 5 heteroatoms. The van der Waals surface area contributed by atoms with Crippen molar-refractivity contribution in [3.63, 3.8) is 0 Å².